The molecule has 0 radical (unpaired) electrons. The molecule has 1 unspecified atom stereocenters. The van der Waals surface area contributed by atoms with E-state index in [9.17, 15) is 0 Å². The maximum atomic E-state index is 8.92. The van der Waals surface area contributed by atoms with Gasteiger partial charge in [0.15, 0.2) is 0 Å². The highest BCUT2D eigenvalue weighted by Gasteiger charge is 2.04. The normalized spacial score (nSPS) is 12.0. The Morgan fingerprint density at radius 3 is 2.38 bits per heavy atom. The number of nitrogens with zero attached hydrogens (tertiary/aromatic N) is 1. The first kappa shape index (κ1) is 17.7. The van der Waals surface area contributed by atoms with Crippen molar-refractivity contribution in [2.24, 2.45) is 0 Å². The van der Waals surface area contributed by atoms with Gasteiger partial charge in [0.05, 0.1) is 11.6 Å². The second-order valence-electron chi connectivity index (χ2n) is 5.89. The fourth-order valence-corrected chi connectivity index (χ4v) is 2.57. The molecule has 1 aromatic rings. The topological polar surface area (TPSA) is 35.8 Å². The van der Waals surface area contributed by atoms with Crippen LogP contribution in [0.3, 0.4) is 0 Å². The highest BCUT2D eigenvalue weighted by atomic mass is 14.9. The number of nitrogens with one attached hydrogen (secondary N) is 1. The molecule has 0 saturated carbocycles. The largest absolute Gasteiger partial charge is 0.310 e. The molecular formula is C19H30N2. The average Bonchev–Trinajstić information content (AvgIpc) is 2.53. The second-order valence-corrected chi connectivity index (χ2v) is 5.89. The van der Waals surface area contributed by atoms with E-state index in [-0.39, 0.29) is 0 Å². The van der Waals surface area contributed by atoms with Crippen molar-refractivity contribution in [1.82, 2.24) is 5.32 Å². The lowest BCUT2D eigenvalue weighted by Gasteiger charge is -2.14. The fraction of sp³-hybridized carbons (Fsp3) is 0.632. The summed E-state index contributed by atoms with van der Waals surface area (Å²) < 4.78 is 0. The average molecular weight is 286 g/mol. The standard InChI is InChI=1S/C19H30N2/c1-3-4-5-6-7-8-9-10-14-21-17(2)19-13-11-12-18(15-19)16-20/h11-13,15,17,21H,3-10,14H2,1-2H3. The van der Waals surface area contributed by atoms with Crippen LogP contribution in [0.5, 0.6) is 0 Å². The Morgan fingerprint density at radius 1 is 1.05 bits per heavy atom. The molecule has 21 heavy (non-hydrogen) atoms. The summed E-state index contributed by atoms with van der Waals surface area (Å²) in [5.41, 5.74) is 1.95. The van der Waals surface area contributed by atoms with Gasteiger partial charge in [-0.05, 0) is 37.6 Å². The van der Waals surface area contributed by atoms with Gasteiger partial charge < -0.3 is 5.32 Å². The minimum Gasteiger partial charge on any atom is -0.310 e. The van der Waals surface area contributed by atoms with Crippen molar-refractivity contribution in [3.8, 4) is 6.07 Å². The summed E-state index contributed by atoms with van der Waals surface area (Å²) in [5.74, 6) is 0. The Balaban J connectivity index is 2.08. The van der Waals surface area contributed by atoms with Gasteiger partial charge in [-0.3, -0.25) is 0 Å². The molecule has 0 spiro atoms. The number of hydrogen-bond donors (Lipinski definition) is 1. The first-order chi connectivity index (χ1) is 10.3. The predicted molar refractivity (Wildman–Crippen MR) is 90.2 cm³/mol. The van der Waals surface area contributed by atoms with Crippen LogP contribution >= 0.6 is 0 Å². The summed E-state index contributed by atoms with van der Waals surface area (Å²) in [6, 6.07) is 10.4. The van der Waals surface area contributed by atoms with E-state index in [1.54, 1.807) is 0 Å². The predicted octanol–water partition coefficient (Wildman–Crippen LogP) is 5.35. The van der Waals surface area contributed by atoms with Crippen LogP contribution < -0.4 is 5.32 Å². The molecule has 1 N–H and O–H groups in total. The quantitative estimate of drug-likeness (QED) is 0.557. The van der Waals surface area contributed by atoms with Gasteiger partial charge in [-0.25, -0.2) is 0 Å². The number of hydrogen-bond acceptors (Lipinski definition) is 2. The van der Waals surface area contributed by atoms with E-state index >= 15 is 0 Å². The smallest absolute Gasteiger partial charge is 0.0991 e. The summed E-state index contributed by atoms with van der Waals surface area (Å²) >= 11 is 0. The van der Waals surface area contributed by atoms with Crippen molar-refractivity contribution in [3.63, 3.8) is 0 Å². The van der Waals surface area contributed by atoms with Crippen LogP contribution in [0.1, 0.15) is 82.4 Å². The monoisotopic (exact) mass is 286 g/mol. The van der Waals surface area contributed by atoms with E-state index in [0.717, 1.165) is 12.1 Å². The Morgan fingerprint density at radius 2 is 1.71 bits per heavy atom. The minimum atomic E-state index is 0.322. The van der Waals surface area contributed by atoms with Gasteiger partial charge in [-0.1, -0.05) is 64.0 Å². The van der Waals surface area contributed by atoms with Crippen LogP contribution in [0, 0.1) is 11.3 Å². The van der Waals surface area contributed by atoms with Crippen molar-refractivity contribution in [2.45, 2.75) is 71.3 Å². The van der Waals surface area contributed by atoms with Gasteiger partial charge in [0.25, 0.3) is 0 Å². The molecule has 116 valence electrons. The van der Waals surface area contributed by atoms with Crippen LogP contribution in [-0.2, 0) is 0 Å². The van der Waals surface area contributed by atoms with Crippen LogP contribution in [0.25, 0.3) is 0 Å². The van der Waals surface area contributed by atoms with Crippen molar-refractivity contribution in [1.29, 1.82) is 5.26 Å². The molecule has 0 amide bonds. The Labute approximate surface area is 130 Å². The van der Waals surface area contributed by atoms with Gasteiger partial charge >= 0.3 is 0 Å². The molecule has 1 rings (SSSR count). The third-order valence-electron chi connectivity index (χ3n) is 4.00. The molecule has 0 bridgehead atoms. The van der Waals surface area contributed by atoms with E-state index < -0.39 is 0 Å². The zero-order valence-electron chi connectivity index (χ0n) is 13.7. The van der Waals surface area contributed by atoms with Crippen LogP contribution in [0.2, 0.25) is 0 Å². The Kier molecular flexibility index (Phi) is 9.57. The zero-order valence-corrected chi connectivity index (χ0v) is 13.7. The number of unbranched alkanes of at least 4 members (excludes halogenated alkanes) is 7. The van der Waals surface area contributed by atoms with Gasteiger partial charge in [-0.2, -0.15) is 5.26 Å². The van der Waals surface area contributed by atoms with E-state index in [1.807, 2.05) is 18.2 Å². The molecule has 1 aromatic carbocycles. The van der Waals surface area contributed by atoms with Crippen LogP contribution in [-0.4, -0.2) is 6.54 Å². The molecular weight excluding hydrogens is 256 g/mol. The lowest BCUT2D eigenvalue weighted by Crippen LogP contribution is -2.19. The van der Waals surface area contributed by atoms with Crippen molar-refractivity contribution in [3.05, 3.63) is 35.4 Å². The van der Waals surface area contributed by atoms with Crippen molar-refractivity contribution < 1.29 is 0 Å². The van der Waals surface area contributed by atoms with Crippen LogP contribution in [0.4, 0.5) is 0 Å². The molecule has 0 aliphatic rings. The Hall–Kier alpha value is -1.33. The molecule has 0 aliphatic carbocycles. The highest BCUT2D eigenvalue weighted by Crippen LogP contribution is 2.14. The molecule has 2 nitrogen and oxygen atoms in total. The van der Waals surface area contributed by atoms with E-state index in [4.69, 9.17) is 5.26 Å². The fourth-order valence-electron chi connectivity index (χ4n) is 2.57. The lowest BCUT2D eigenvalue weighted by molar-refractivity contribution is 0.521. The molecule has 0 saturated heterocycles. The lowest BCUT2D eigenvalue weighted by atomic mass is 10.1. The molecule has 1 atom stereocenters. The summed E-state index contributed by atoms with van der Waals surface area (Å²) in [4.78, 5) is 0. The van der Waals surface area contributed by atoms with Crippen molar-refractivity contribution in [2.75, 3.05) is 6.54 Å². The maximum absolute atomic E-state index is 8.92. The Bertz CT molecular complexity index is 420. The summed E-state index contributed by atoms with van der Waals surface area (Å²) in [5, 5.41) is 12.5. The molecule has 2 heteroatoms. The highest BCUT2D eigenvalue weighted by molar-refractivity contribution is 5.33. The molecule has 0 aromatic heterocycles. The number of benzene rings is 1. The molecule has 0 aliphatic heterocycles. The summed E-state index contributed by atoms with van der Waals surface area (Å²) in [7, 11) is 0. The third kappa shape index (κ3) is 7.87. The third-order valence-corrected chi connectivity index (χ3v) is 4.00. The zero-order chi connectivity index (χ0) is 15.3. The van der Waals surface area contributed by atoms with Gasteiger partial charge in [-0.15, -0.1) is 0 Å². The number of nitriles is 1. The van der Waals surface area contributed by atoms with E-state index in [0.29, 0.717) is 6.04 Å². The second kappa shape index (κ2) is 11.3. The van der Waals surface area contributed by atoms with Gasteiger partial charge in [0, 0.05) is 6.04 Å². The van der Waals surface area contributed by atoms with E-state index in [1.165, 1.54) is 56.9 Å². The number of rotatable bonds is 11. The molecule has 0 heterocycles. The SMILES string of the molecule is CCCCCCCCCCNC(C)c1cccc(C#N)c1. The summed E-state index contributed by atoms with van der Waals surface area (Å²) in [6.45, 7) is 5.49. The van der Waals surface area contributed by atoms with Gasteiger partial charge in [0.1, 0.15) is 0 Å². The van der Waals surface area contributed by atoms with Gasteiger partial charge in [0.2, 0.25) is 0 Å². The molecule has 0 fully saturated rings. The van der Waals surface area contributed by atoms with E-state index in [2.05, 4.69) is 31.3 Å². The maximum Gasteiger partial charge on any atom is 0.0991 e. The van der Waals surface area contributed by atoms with Crippen LogP contribution in [0.15, 0.2) is 24.3 Å². The van der Waals surface area contributed by atoms with Crippen molar-refractivity contribution >= 4 is 0 Å². The summed E-state index contributed by atoms with van der Waals surface area (Å²) in [6.07, 6.45) is 10.8. The minimum absolute atomic E-state index is 0.322. The first-order valence-electron chi connectivity index (χ1n) is 8.51. The first-order valence-corrected chi connectivity index (χ1v) is 8.51.